The van der Waals surface area contributed by atoms with Gasteiger partial charge in [-0.15, -0.1) is 0 Å². The van der Waals surface area contributed by atoms with Gasteiger partial charge in [-0.1, -0.05) is 46.3 Å². The minimum Gasteiger partial charge on any atom is -0.394 e. The number of amides is 1. The molecule has 0 radical (unpaired) electrons. The molecule has 3 nitrogen and oxygen atoms in total. The molecule has 1 saturated heterocycles. The van der Waals surface area contributed by atoms with E-state index in [1.165, 1.54) is 0 Å². The van der Waals surface area contributed by atoms with Gasteiger partial charge in [0.15, 0.2) is 0 Å². The van der Waals surface area contributed by atoms with Crippen molar-refractivity contribution in [3.63, 3.8) is 0 Å². The quantitative estimate of drug-likeness (QED) is 0.858. The molecular weight excluding hydrogens is 282 g/mol. The van der Waals surface area contributed by atoms with E-state index < -0.39 is 0 Å². The van der Waals surface area contributed by atoms with Crippen LogP contribution in [0.1, 0.15) is 12.0 Å². The van der Waals surface area contributed by atoms with Crippen LogP contribution in [0.4, 0.5) is 0 Å². The maximum Gasteiger partial charge on any atom is 0.224 e. The first-order valence-corrected chi connectivity index (χ1v) is 6.70. The zero-order chi connectivity index (χ0) is 12.3. The number of carbonyl (C=O) groups excluding carboxylic acids is 1. The van der Waals surface area contributed by atoms with Crippen LogP contribution in [0, 0.1) is 0 Å². The number of halogens is 1. The van der Waals surface area contributed by atoms with Crippen LogP contribution in [0.15, 0.2) is 30.3 Å². The van der Waals surface area contributed by atoms with Crippen LogP contribution in [0.5, 0.6) is 0 Å². The summed E-state index contributed by atoms with van der Waals surface area (Å²) in [7, 11) is 0. The molecule has 0 aromatic heterocycles. The molecule has 1 fully saturated rings. The van der Waals surface area contributed by atoms with E-state index in [0.29, 0.717) is 19.4 Å². The van der Waals surface area contributed by atoms with Crippen molar-refractivity contribution in [2.24, 2.45) is 0 Å². The summed E-state index contributed by atoms with van der Waals surface area (Å²) in [6.45, 7) is 0.706. The maximum absolute atomic E-state index is 11.8. The molecule has 2 atom stereocenters. The molecule has 1 aromatic rings. The summed E-state index contributed by atoms with van der Waals surface area (Å²) in [4.78, 5) is 13.8. The first-order chi connectivity index (χ1) is 8.20. The van der Waals surface area contributed by atoms with E-state index in [1.807, 2.05) is 30.3 Å². The van der Waals surface area contributed by atoms with E-state index in [1.54, 1.807) is 4.90 Å². The molecule has 1 unspecified atom stereocenters. The normalized spacial score (nSPS) is 21.9. The summed E-state index contributed by atoms with van der Waals surface area (Å²) in [5.41, 5.74) is 1.15. The number of nitrogens with zero attached hydrogens (tertiary/aromatic N) is 1. The number of hydrogen-bond donors (Lipinski definition) is 1. The lowest BCUT2D eigenvalue weighted by Gasteiger charge is -2.26. The van der Waals surface area contributed by atoms with Crippen LogP contribution < -0.4 is 0 Å². The first kappa shape index (κ1) is 12.6. The van der Waals surface area contributed by atoms with Gasteiger partial charge in [0.25, 0.3) is 0 Å². The second-order valence-electron chi connectivity index (χ2n) is 4.37. The molecule has 4 heteroatoms. The molecule has 1 N–H and O–H groups in total. The largest absolute Gasteiger partial charge is 0.394 e. The van der Waals surface area contributed by atoms with Gasteiger partial charge in [-0.25, -0.2) is 0 Å². The van der Waals surface area contributed by atoms with E-state index in [9.17, 15) is 9.90 Å². The van der Waals surface area contributed by atoms with E-state index in [-0.39, 0.29) is 23.4 Å². The van der Waals surface area contributed by atoms with Crippen molar-refractivity contribution in [3.05, 3.63) is 35.9 Å². The Kier molecular flexibility index (Phi) is 4.18. The fourth-order valence-electron chi connectivity index (χ4n) is 2.20. The van der Waals surface area contributed by atoms with Crippen LogP contribution in [-0.2, 0) is 11.2 Å². The van der Waals surface area contributed by atoms with Crippen LogP contribution in [-0.4, -0.2) is 39.9 Å². The zero-order valence-corrected chi connectivity index (χ0v) is 11.1. The molecule has 0 aliphatic carbocycles. The molecule has 2 rings (SSSR count). The van der Waals surface area contributed by atoms with Gasteiger partial charge < -0.3 is 10.0 Å². The molecule has 1 aliphatic heterocycles. The number of aliphatic hydroxyl groups is 1. The molecule has 0 spiro atoms. The van der Waals surface area contributed by atoms with Crippen molar-refractivity contribution in [2.45, 2.75) is 23.7 Å². The first-order valence-electron chi connectivity index (χ1n) is 5.79. The molecule has 92 valence electrons. The Morgan fingerprint density at radius 3 is 2.65 bits per heavy atom. The third kappa shape index (κ3) is 3.07. The number of benzene rings is 1. The fourth-order valence-corrected chi connectivity index (χ4v) is 2.79. The summed E-state index contributed by atoms with van der Waals surface area (Å²) < 4.78 is 0. The topological polar surface area (TPSA) is 40.5 Å². The lowest BCUT2D eigenvalue weighted by Crippen LogP contribution is -2.40. The highest BCUT2D eigenvalue weighted by Crippen LogP contribution is 2.22. The maximum atomic E-state index is 11.8. The van der Waals surface area contributed by atoms with Gasteiger partial charge in [0.2, 0.25) is 5.91 Å². The average molecular weight is 298 g/mol. The molecule has 17 heavy (non-hydrogen) atoms. The van der Waals surface area contributed by atoms with E-state index >= 15 is 0 Å². The minimum atomic E-state index is -0.104. The molecule has 1 aromatic carbocycles. The zero-order valence-electron chi connectivity index (χ0n) is 9.55. The van der Waals surface area contributed by atoms with Gasteiger partial charge in [-0.3, -0.25) is 4.79 Å². The van der Waals surface area contributed by atoms with Crippen LogP contribution in [0.3, 0.4) is 0 Å². The molecular formula is C13H16BrNO2. The predicted octanol–water partition coefficient (Wildman–Crippen LogP) is 1.59. The highest BCUT2D eigenvalue weighted by molar-refractivity contribution is 9.09. The van der Waals surface area contributed by atoms with Crippen molar-refractivity contribution < 1.29 is 9.90 Å². The number of likely N-dealkylation sites (tertiary alicyclic amines) is 1. The number of aliphatic hydroxyl groups excluding tert-OH is 1. The van der Waals surface area contributed by atoms with E-state index in [2.05, 4.69) is 15.9 Å². The third-order valence-electron chi connectivity index (χ3n) is 3.08. The Balaban J connectivity index is 2.04. The highest BCUT2D eigenvalue weighted by Gasteiger charge is 2.32. The van der Waals surface area contributed by atoms with Gasteiger partial charge in [-0.05, 0) is 12.0 Å². The number of rotatable bonds is 4. The third-order valence-corrected chi connectivity index (χ3v) is 3.69. The van der Waals surface area contributed by atoms with E-state index in [4.69, 9.17) is 0 Å². The molecule has 1 aliphatic rings. The van der Waals surface area contributed by atoms with Gasteiger partial charge in [0.1, 0.15) is 0 Å². The molecule has 1 heterocycles. The van der Waals surface area contributed by atoms with Crippen molar-refractivity contribution in [1.82, 2.24) is 4.90 Å². The standard InChI is InChI=1S/C13H16BrNO2/c14-11-7-13(17)15(8-11)12(9-16)6-10-4-2-1-3-5-10/h1-5,11-12,16H,6-9H2/t11?,12-/m0/s1. The second-order valence-corrected chi connectivity index (χ2v) is 5.67. The number of alkyl halides is 1. The minimum absolute atomic E-state index is 0.0142. The van der Waals surface area contributed by atoms with Crippen LogP contribution in [0.2, 0.25) is 0 Å². The smallest absolute Gasteiger partial charge is 0.224 e. The average Bonchev–Trinajstić information content (AvgIpc) is 2.67. The highest BCUT2D eigenvalue weighted by atomic mass is 79.9. The van der Waals surface area contributed by atoms with Gasteiger partial charge in [0.05, 0.1) is 12.6 Å². The van der Waals surface area contributed by atoms with Crippen LogP contribution in [0.25, 0.3) is 0 Å². The lowest BCUT2D eigenvalue weighted by atomic mass is 10.1. The Labute approximate surface area is 110 Å². The fraction of sp³-hybridized carbons (Fsp3) is 0.462. The summed E-state index contributed by atoms with van der Waals surface area (Å²) in [5.74, 6) is 0.127. The monoisotopic (exact) mass is 297 g/mol. The van der Waals surface area contributed by atoms with Gasteiger partial charge in [-0.2, -0.15) is 0 Å². The predicted molar refractivity (Wildman–Crippen MR) is 70.1 cm³/mol. The van der Waals surface area contributed by atoms with Crippen LogP contribution >= 0.6 is 15.9 Å². The number of carbonyl (C=O) groups is 1. The Bertz CT molecular complexity index is 382. The Morgan fingerprint density at radius 1 is 1.41 bits per heavy atom. The lowest BCUT2D eigenvalue weighted by molar-refractivity contribution is -0.130. The molecule has 0 saturated carbocycles. The van der Waals surface area contributed by atoms with Crippen molar-refractivity contribution in [2.75, 3.05) is 13.2 Å². The Hall–Kier alpha value is -0.870. The second kappa shape index (κ2) is 5.65. The summed E-state index contributed by atoms with van der Waals surface area (Å²) in [6, 6.07) is 9.86. The molecule has 1 amide bonds. The summed E-state index contributed by atoms with van der Waals surface area (Å²) >= 11 is 3.46. The van der Waals surface area contributed by atoms with Gasteiger partial charge in [0, 0.05) is 17.8 Å². The SMILES string of the molecule is O=C1CC(Br)CN1[C@H](CO)Cc1ccccc1. The van der Waals surface area contributed by atoms with Gasteiger partial charge >= 0.3 is 0 Å². The van der Waals surface area contributed by atoms with Crippen molar-refractivity contribution in [3.8, 4) is 0 Å². The van der Waals surface area contributed by atoms with Crippen molar-refractivity contribution in [1.29, 1.82) is 0 Å². The summed E-state index contributed by atoms with van der Waals surface area (Å²) in [5, 5.41) is 9.44. The summed E-state index contributed by atoms with van der Waals surface area (Å²) in [6.07, 6.45) is 1.24. The number of hydrogen-bond acceptors (Lipinski definition) is 2. The van der Waals surface area contributed by atoms with E-state index in [0.717, 1.165) is 5.56 Å². The van der Waals surface area contributed by atoms with Crippen molar-refractivity contribution >= 4 is 21.8 Å². The Morgan fingerprint density at radius 2 is 2.12 bits per heavy atom. The molecule has 0 bridgehead atoms.